The van der Waals surface area contributed by atoms with Crippen LogP contribution in [0.3, 0.4) is 0 Å². The zero-order valence-electron chi connectivity index (χ0n) is 18.4. The van der Waals surface area contributed by atoms with E-state index in [4.69, 9.17) is 0 Å². The summed E-state index contributed by atoms with van der Waals surface area (Å²) in [6, 6.07) is -2.61. The van der Waals surface area contributed by atoms with E-state index >= 15 is 0 Å². The average molecular weight is 413 g/mol. The summed E-state index contributed by atoms with van der Waals surface area (Å²) in [7, 11) is 0. The van der Waals surface area contributed by atoms with E-state index in [0.717, 1.165) is 9.80 Å². The second-order valence-corrected chi connectivity index (χ2v) is 7.60. The molecule has 166 valence electrons. The van der Waals surface area contributed by atoms with Crippen LogP contribution in [0.25, 0.3) is 0 Å². The van der Waals surface area contributed by atoms with Crippen LogP contribution in [0.2, 0.25) is 0 Å². The SMILES string of the molecule is CCC(C)N(C(=O)C(F)(F)C(F)(F)C(=O)N(C(C)CC)C(C)CC)C(C)CC. The molecule has 0 radical (unpaired) electrons. The normalized spacial score (nSPS) is 16.9. The fourth-order valence-corrected chi connectivity index (χ4v) is 3.05. The van der Waals surface area contributed by atoms with Gasteiger partial charge in [-0.1, -0.05) is 27.7 Å². The van der Waals surface area contributed by atoms with Crippen molar-refractivity contribution in [3.8, 4) is 0 Å². The fourth-order valence-electron chi connectivity index (χ4n) is 3.05. The van der Waals surface area contributed by atoms with Gasteiger partial charge in [-0.05, 0) is 53.4 Å². The van der Waals surface area contributed by atoms with Crippen LogP contribution in [0.1, 0.15) is 81.1 Å². The van der Waals surface area contributed by atoms with Gasteiger partial charge in [0.1, 0.15) is 0 Å². The van der Waals surface area contributed by atoms with E-state index in [1.54, 1.807) is 27.7 Å². The van der Waals surface area contributed by atoms with Gasteiger partial charge >= 0.3 is 23.7 Å². The minimum Gasteiger partial charge on any atom is -0.332 e. The number of nitrogens with zero attached hydrogens (tertiary/aromatic N) is 2. The Hall–Kier alpha value is -1.34. The number of carbonyl (C=O) groups is 2. The predicted octanol–water partition coefficient (Wildman–Crippen LogP) is 5.11. The Morgan fingerprint density at radius 3 is 0.929 bits per heavy atom. The largest absolute Gasteiger partial charge is 0.395 e. The van der Waals surface area contributed by atoms with Crippen molar-refractivity contribution >= 4 is 11.8 Å². The van der Waals surface area contributed by atoms with E-state index in [-0.39, 0.29) is 0 Å². The highest BCUT2D eigenvalue weighted by molar-refractivity contribution is 5.95. The van der Waals surface area contributed by atoms with Crippen molar-refractivity contribution in [2.24, 2.45) is 0 Å². The minimum absolute atomic E-state index is 0.331. The van der Waals surface area contributed by atoms with Gasteiger partial charge in [0.05, 0.1) is 0 Å². The van der Waals surface area contributed by atoms with Crippen molar-refractivity contribution in [2.45, 2.75) is 117 Å². The number of carbonyl (C=O) groups excluding carboxylic acids is 2. The summed E-state index contributed by atoms with van der Waals surface area (Å²) in [6.07, 6.45) is 1.32. The number of alkyl halides is 4. The highest BCUT2D eigenvalue weighted by Crippen LogP contribution is 2.39. The molecule has 0 aromatic carbocycles. The lowest BCUT2D eigenvalue weighted by atomic mass is 10.0. The van der Waals surface area contributed by atoms with Gasteiger partial charge < -0.3 is 9.80 Å². The molecule has 0 bridgehead atoms. The summed E-state index contributed by atoms with van der Waals surface area (Å²) < 4.78 is 59.2. The predicted molar refractivity (Wildman–Crippen MR) is 103 cm³/mol. The third kappa shape index (κ3) is 5.17. The molecule has 28 heavy (non-hydrogen) atoms. The molecule has 0 fully saturated rings. The molecule has 0 aliphatic heterocycles. The molecule has 2 amide bonds. The van der Waals surface area contributed by atoms with Crippen molar-refractivity contribution in [1.29, 1.82) is 0 Å². The molecule has 8 heteroatoms. The van der Waals surface area contributed by atoms with Gasteiger partial charge in [0.15, 0.2) is 0 Å². The Kier molecular flexibility index (Phi) is 9.94. The molecule has 0 aromatic rings. The van der Waals surface area contributed by atoms with E-state index in [1.165, 1.54) is 27.7 Å². The number of hydrogen-bond acceptors (Lipinski definition) is 2. The van der Waals surface area contributed by atoms with E-state index in [1.807, 2.05) is 0 Å². The van der Waals surface area contributed by atoms with Gasteiger partial charge in [0.25, 0.3) is 0 Å². The van der Waals surface area contributed by atoms with E-state index in [2.05, 4.69) is 0 Å². The number of amides is 2. The quantitative estimate of drug-likeness (QED) is 0.443. The summed E-state index contributed by atoms with van der Waals surface area (Å²) in [6.45, 7) is 12.9. The molecule has 0 aliphatic carbocycles. The van der Waals surface area contributed by atoms with Crippen molar-refractivity contribution < 1.29 is 27.2 Å². The van der Waals surface area contributed by atoms with Crippen LogP contribution in [0.15, 0.2) is 0 Å². The molecular weight excluding hydrogens is 376 g/mol. The van der Waals surface area contributed by atoms with Crippen LogP contribution in [-0.4, -0.2) is 57.6 Å². The van der Waals surface area contributed by atoms with Crippen LogP contribution < -0.4 is 0 Å². The maximum Gasteiger partial charge on any atom is 0.395 e. The van der Waals surface area contributed by atoms with Crippen molar-refractivity contribution in [3.05, 3.63) is 0 Å². The smallest absolute Gasteiger partial charge is 0.332 e. The van der Waals surface area contributed by atoms with Gasteiger partial charge in [-0.25, -0.2) is 0 Å². The second kappa shape index (κ2) is 10.4. The van der Waals surface area contributed by atoms with Gasteiger partial charge in [-0.2, -0.15) is 17.6 Å². The number of hydrogen-bond donors (Lipinski definition) is 0. The summed E-state index contributed by atoms with van der Waals surface area (Å²) in [5.41, 5.74) is 0. The zero-order valence-corrected chi connectivity index (χ0v) is 18.4. The zero-order chi connectivity index (χ0) is 22.4. The topological polar surface area (TPSA) is 40.6 Å². The lowest BCUT2D eigenvalue weighted by molar-refractivity contribution is -0.227. The lowest BCUT2D eigenvalue weighted by Gasteiger charge is -2.40. The number of halogens is 4. The molecule has 0 N–H and O–H groups in total. The summed E-state index contributed by atoms with van der Waals surface area (Å²) in [4.78, 5) is 26.7. The maximum atomic E-state index is 14.8. The maximum absolute atomic E-state index is 14.8. The molecule has 0 heterocycles. The molecule has 4 unspecified atom stereocenters. The Morgan fingerprint density at radius 2 is 0.786 bits per heavy atom. The third-order valence-corrected chi connectivity index (χ3v) is 5.66. The van der Waals surface area contributed by atoms with Gasteiger partial charge in [0, 0.05) is 24.2 Å². The second-order valence-electron chi connectivity index (χ2n) is 7.60. The first-order valence-electron chi connectivity index (χ1n) is 10.2. The molecule has 4 atom stereocenters. The van der Waals surface area contributed by atoms with Crippen LogP contribution in [0, 0.1) is 0 Å². The lowest BCUT2D eigenvalue weighted by Crippen LogP contribution is -2.64. The highest BCUT2D eigenvalue weighted by atomic mass is 19.3. The van der Waals surface area contributed by atoms with Crippen LogP contribution in [-0.2, 0) is 9.59 Å². The Bertz CT molecular complexity index is 462. The van der Waals surface area contributed by atoms with Crippen molar-refractivity contribution in [2.75, 3.05) is 0 Å². The third-order valence-electron chi connectivity index (χ3n) is 5.66. The van der Waals surface area contributed by atoms with Gasteiger partial charge in [-0.3, -0.25) is 9.59 Å². The Balaban J connectivity index is 6.11. The minimum atomic E-state index is -5.13. The molecule has 0 saturated carbocycles. The summed E-state index contributed by atoms with van der Waals surface area (Å²) in [5.74, 6) is -14.3. The average Bonchev–Trinajstić information content (AvgIpc) is 2.66. The van der Waals surface area contributed by atoms with E-state index in [9.17, 15) is 27.2 Å². The molecular formula is C20H36F4N2O2. The Labute approximate surface area is 166 Å². The first-order valence-corrected chi connectivity index (χ1v) is 10.2. The van der Waals surface area contributed by atoms with Crippen LogP contribution in [0.4, 0.5) is 17.6 Å². The fraction of sp³-hybridized carbons (Fsp3) is 0.900. The van der Waals surface area contributed by atoms with E-state index < -0.39 is 47.8 Å². The number of rotatable bonds is 11. The molecule has 0 spiro atoms. The highest BCUT2D eigenvalue weighted by Gasteiger charge is 2.69. The van der Waals surface area contributed by atoms with E-state index in [0.29, 0.717) is 25.7 Å². The first-order chi connectivity index (χ1) is 12.8. The Morgan fingerprint density at radius 1 is 0.607 bits per heavy atom. The molecule has 4 nitrogen and oxygen atoms in total. The molecule has 0 aromatic heterocycles. The van der Waals surface area contributed by atoms with Gasteiger partial charge in [-0.15, -0.1) is 0 Å². The monoisotopic (exact) mass is 412 g/mol. The van der Waals surface area contributed by atoms with Crippen LogP contribution >= 0.6 is 0 Å². The molecule has 0 rings (SSSR count). The molecule has 0 aliphatic rings. The van der Waals surface area contributed by atoms with Crippen molar-refractivity contribution in [3.63, 3.8) is 0 Å². The van der Waals surface area contributed by atoms with Crippen molar-refractivity contribution in [1.82, 2.24) is 9.80 Å². The standard InChI is InChI=1S/C20H36F4N2O2/c1-9-13(5)25(14(6)10-2)17(27)19(21,22)20(23,24)18(28)26(15(7)11-3)16(8)12-4/h13-16H,9-12H2,1-8H3. The molecule has 0 saturated heterocycles. The van der Waals surface area contributed by atoms with Gasteiger partial charge in [0.2, 0.25) is 0 Å². The first kappa shape index (κ1) is 26.7. The summed E-state index contributed by atoms with van der Waals surface area (Å²) >= 11 is 0. The van der Waals surface area contributed by atoms with Crippen LogP contribution in [0.5, 0.6) is 0 Å². The summed E-state index contributed by atoms with van der Waals surface area (Å²) in [5, 5.41) is 0.